The SMILES string of the molecule is CCN1CCC(N(C)S(=O)(=O)c2ccccc2C)CC1. The first-order chi connectivity index (χ1) is 9.46. The van der Waals surface area contributed by atoms with Crippen molar-refractivity contribution >= 4 is 10.0 Å². The van der Waals surface area contributed by atoms with Crippen molar-refractivity contribution in [1.29, 1.82) is 0 Å². The maximum absolute atomic E-state index is 12.7. The molecular weight excluding hydrogens is 272 g/mol. The lowest BCUT2D eigenvalue weighted by Crippen LogP contribution is -2.45. The summed E-state index contributed by atoms with van der Waals surface area (Å²) in [6.07, 6.45) is 1.82. The zero-order valence-corrected chi connectivity index (χ0v) is 13.4. The molecule has 20 heavy (non-hydrogen) atoms. The first kappa shape index (κ1) is 15.5. The fourth-order valence-electron chi connectivity index (χ4n) is 2.80. The number of rotatable bonds is 4. The van der Waals surface area contributed by atoms with Crippen LogP contribution in [0.4, 0.5) is 0 Å². The summed E-state index contributed by atoms with van der Waals surface area (Å²) in [6.45, 7) is 7.00. The Morgan fingerprint density at radius 1 is 1.25 bits per heavy atom. The molecule has 0 spiro atoms. The molecule has 1 fully saturated rings. The van der Waals surface area contributed by atoms with Crippen LogP contribution >= 0.6 is 0 Å². The predicted octanol–water partition coefficient (Wildman–Crippen LogP) is 2.10. The topological polar surface area (TPSA) is 40.6 Å². The van der Waals surface area contributed by atoms with Crippen molar-refractivity contribution in [3.05, 3.63) is 29.8 Å². The van der Waals surface area contributed by atoms with Gasteiger partial charge in [0.05, 0.1) is 4.90 Å². The third kappa shape index (κ3) is 3.05. The number of nitrogens with zero attached hydrogens (tertiary/aromatic N) is 2. The molecule has 0 atom stereocenters. The Morgan fingerprint density at radius 3 is 2.40 bits per heavy atom. The van der Waals surface area contributed by atoms with Crippen LogP contribution in [-0.2, 0) is 10.0 Å². The van der Waals surface area contributed by atoms with Crippen molar-refractivity contribution in [2.75, 3.05) is 26.7 Å². The molecule has 4 nitrogen and oxygen atoms in total. The average molecular weight is 296 g/mol. The van der Waals surface area contributed by atoms with Gasteiger partial charge in [0.1, 0.15) is 0 Å². The Labute approximate surface area is 122 Å². The quantitative estimate of drug-likeness (QED) is 0.854. The Morgan fingerprint density at radius 2 is 1.85 bits per heavy atom. The molecule has 0 unspecified atom stereocenters. The molecule has 112 valence electrons. The van der Waals surface area contributed by atoms with Crippen LogP contribution < -0.4 is 0 Å². The van der Waals surface area contributed by atoms with Crippen LogP contribution in [-0.4, -0.2) is 50.3 Å². The van der Waals surface area contributed by atoms with Gasteiger partial charge in [0.25, 0.3) is 0 Å². The fourth-order valence-corrected chi connectivity index (χ4v) is 4.44. The highest BCUT2D eigenvalue weighted by Crippen LogP contribution is 2.24. The van der Waals surface area contributed by atoms with Crippen LogP contribution in [0.3, 0.4) is 0 Å². The number of aryl methyl sites for hydroxylation is 1. The molecule has 1 saturated heterocycles. The van der Waals surface area contributed by atoms with E-state index < -0.39 is 10.0 Å². The molecular formula is C15H24N2O2S. The van der Waals surface area contributed by atoms with Gasteiger partial charge >= 0.3 is 0 Å². The number of hydrogen-bond donors (Lipinski definition) is 0. The van der Waals surface area contributed by atoms with E-state index in [4.69, 9.17) is 0 Å². The lowest BCUT2D eigenvalue weighted by molar-refractivity contribution is 0.176. The van der Waals surface area contributed by atoms with E-state index in [1.807, 2.05) is 19.1 Å². The second-order valence-corrected chi connectivity index (χ2v) is 7.42. The van der Waals surface area contributed by atoms with Gasteiger partial charge < -0.3 is 4.90 Å². The highest BCUT2D eigenvalue weighted by atomic mass is 32.2. The summed E-state index contributed by atoms with van der Waals surface area (Å²) < 4.78 is 27.0. The predicted molar refractivity (Wildman–Crippen MR) is 81.3 cm³/mol. The first-order valence-electron chi connectivity index (χ1n) is 7.23. The smallest absolute Gasteiger partial charge is 0.243 e. The molecule has 1 heterocycles. The maximum atomic E-state index is 12.7. The van der Waals surface area contributed by atoms with E-state index in [1.54, 1.807) is 23.5 Å². The minimum atomic E-state index is -3.38. The Balaban J connectivity index is 2.16. The van der Waals surface area contributed by atoms with Gasteiger partial charge in [-0.2, -0.15) is 4.31 Å². The standard InChI is InChI=1S/C15H24N2O2S/c1-4-17-11-9-14(10-12-17)16(3)20(18,19)15-8-6-5-7-13(15)2/h5-8,14H,4,9-12H2,1-3H3. The zero-order valence-electron chi connectivity index (χ0n) is 12.5. The average Bonchev–Trinajstić information content (AvgIpc) is 2.47. The summed E-state index contributed by atoms with van der Waals surface area (Å²) in [4.78, 5) is 2.80. The molecule has 5 heteroatoms. The van der Waals surface area contributed by atoms with Gasteiger partial charge in [0.2, 0.25) is 10.0 Å². The van der Waals surface area contributed by atoms with Crippen molar-refractivity contribution in [3.8, 4) is 0 Å². The van der Waals surface area contributed by atoms with Gasteiger partial charge in [-0.25, -0.2) is 8.42 Å². The number of likely N-dealkylation sites (tertiary alicyclic amines) is 1. The highest BCUT2D eigenvalue weighted by Gasteiger charge is 2.31. The summed E-state index contributed by atoms with van der Waals surface area (Å²) in [5, 5.41) is 0. The van der Waals surface area contributed by atoms with Gasteiger partial charge in [-0.15, -0.1) is 0 Å². The van der Waals surface area contributed by atoms with Gasteiger partial charge in [-0.1, -0.05) is 25.1 Å². The van der Waals surface area contributed by atoms with Crippen LogP contribution in [0.25, 0.3) is 0 Å². The van der Waals surface area contributed by atoms with Crippen LogP contribution in [0, 0.1) is 6.92 Å². The summed E-state index contributed by atoms with van der Waals surface area (Å²) in [5.41, 5.74) is 0.811. The summed E-state index contributed by atoms with van der Waals surface area (Å²) >= 11 is 0. The van der Waals surface area contributed by atoms with Crippen molar-refractivity contribution in [2.45, 2.75) is 37.6 Å². The van der Waals surface area contributed by atoms with Gasteiger partial charge in [-0.3, -0.25) is 0 Å². The van der Waals surface area contributed by atoms with Crippen LogP contribution in [0.2, 0.25) is 0 Å². The van der Waals surface area contributed by atoms with E-state index in [1.165, 1.54) is 0 Å². The van der Waals surface area contributed by atoms with Crippen LogP contribution in [0.15, 0.2) is 29.2 Å². The van der Waals surface area contributed by atoms with E-state index in [-0.39, 0.29) is 6.04 Å². The Bertz CT molecular complexity index is 549. The molecule has 1 aromatic rings. The Kier molecular flexibility index (Phi) is 4.83. The molecule has 2 rings (SSSR count). The van der Waals surface area contributed by atoms with E-state index in [0.717, 1.165) is 38.0 Å². The van der Waals surface area contributed by atoms with Gasteiger partial charge in [-0.05, 0) is 51.0 Å². The summed E-state index contributed by atoms with van der Waals surface area (Å²) in [6, 6.07) is 7.31. The van der Waals surface area contributed by atoms with E-state index in [0.29, 0.717) is 4.90 Å². The maximum Gasteiger partial charge on any atom is 0.243 e. The molecule has 0 amide bonds. The monoisotopic (exact) mass is 296 g/mol. The molecule has 0 bridgehead atoms. The summed E-state index contributed by atoms with van der Waals surface area (Å²) in [5.74, 6) is 0. The van der Waals surface area contributed by atoms with Crippen LogP contribution in [0.1, 0.15) is 25.3 Å². The van der Waals surface area contributed by atoms with Crippen molar-refractivity contribution in [3.63, 3.8) is 0 Å². The first-order valence-corrected chi connectivity index (χ1v) is 8.67. The number of sulfonamides is 1. The molecule has 0 N–H and O–H groups in total. The van der Waals surface area contributed by atoms with E-state index >= 15 is 0 Å². The minimum absolute atomic E-state index is 0.113. The van der Waals surface area contributed by atoms with E-state index in [9.17, 15) is 8.42 Å². The van der Waals surface area contributed by atoms with E-state index in [2.05, 4.69) is 11.8 Å². The van der Waals surface area contributed by atoms with Gasteiger partial charge in [0.15, 0.2) is 0 Å². The number of hydrogen-bond acceptors (Lipinski definition) is 3. The molecule has 1 aromatic carbocycles. The molecule has 1 aliphatic heterocycles. The second kappa shape index (κ2) is 6.24. The number of piperidine rings is 1. The Hall–Kier alpha value is -0.910. The molecule has 0 aliphatic carbocycles. The van der Waals surface area contributed by atoms with Crippen LogP contribution in [0.5, 0.6) is 0 Å². The minimum Gasteiger partial charge on any atom is -0.303 e. The third-order valence-corrected chi connectivity index (χ3v) is 6.34. The molecule has 0 radical (unpaired) electrons. The summed E-state index contributed by atoms with van der Waals surface area (Å²) in [7, 11) is -1.66. The molecule has 1 aliphatic rings. The lowest BCUT2D eigenvalue weighted by Gasteiger charge is -2.35. The highest BCUT2D eigenvalue weighted by molar-refractivity contribution is 7.89. The fraction of sp³-hybridized carbons (Fsp3) is 0.600. The molecule has 0 saturated carbocycles. The van der Waals surface area contributed by atoms with Crippen molar-refractivity contribution in [2.24, 2.45) is 0 Å². The third-order valence-electron chi connectivity index (χ3n) is 4.27. The zero-order chi connectivity index (χ0) is 14.8. The number of benzene rings is 1. The second-order valence-electron chi connectivity index (χ2n) is 5.45. The molecule has 0 aromatic heterocycles. The largest absolute Gasteiger partial charge is 0.303 e. The van der Waals surface area contributed by atoms with Crippen molar-refractivity contribution in [1.82, 2.24) is 9.21 Å². The van der Waals surface area contributed by atoms with Gasteiger partial charge in [0, 0.05) is 13.1 Å². The normalized spacial score (nSPS) is 18.6. The van der Waals surface area contributed by atoms with Crippen molar-refractivity contribution < 1.29 is 8.42 Å². The lowest BCUT2D eigenvalue weighted by atomic mass is 10.1.